The van der Waals surface area contributed by atoms with E-state index in [1.165, 1.54) is 17.8 Å². The molecule has 3 rings (SSSR count). The molecule has 0 unspecified atom stereocenters. The van der Waals surface area contributed by atoms with E-state index in [9.17, 15) is 4.79 Å². The van der Waals surface area contributed by atoms with E-state index in [4.69, 9.17) is 14.3 Å². The lowest BCUT2D eigenvalue weighted by Gasteiger charge is -2.05. The summed E-state index contributed by atoms with van der Waals surface area (Å²) in [5.74, 6) is -0.396. The summed E-state index contributed by atoms with van der Waals surface area (Å²) in [5, 5.41) is 12.1. The number of hydrogen-bond acceptors (Lipinski definition) is 5. The molecule has 2 aromatic heterocycles. The minimum absolute atomic E-state index is 0.0839. The van der Waals surface area contributed by atoms with Crippen molar-refractivity contribution < 1.29 is 19.1 Å². The van der Waals surface area contributed by atoms with Crippen molar-refractivity contribution in [2.75, 3.05) is 7.11 Å². The summed E-state index contributed by atoms with van der Waals surface area (Å²) in [6.07, 6.45) is 1.70. The first-order valence-corrected chi connectivity index (χ1v) is 6.93. The zero-order valence-electron chi connectivity index (χ0n) is 11.1. The Balaban J connectivity index is 1.98. The van der Waals surface area contributed by atoms with Gasteiger partial charge in [-0.15, -0.1) is 0 Å². The van der Waals surface area contributed by atoms with Gasteiger partial charge < -0.3 is 14.3 Å². The van der Waals surface area contributed by atoms with Gasteiger partial charge in [-0.05, 0) is 53.5 Å². The van der Waals surface area contributed by atoms with Crippen molar-refractivity contribution in [2.45, 2.75) is 10.1 Å². The van der Waals surface area contributed by atoms with E-state index in [0.717, 1.165) is 21.5 Å². The second-order valence-corrected chi connectivity index (χ2v) is 5.22. The molecule has 5 nitrogen and oxygen atoms in total. The van der Waals surface area contributed by atoms with Crippen molar-refractivity contribution in [3.63, 3.8) is 0 Å². The number of aromatic nitrogens is 1. The summed E-state index contributed by atoms with van der Waals surface area (Å²) in [7, 11) is 1.62. The normalized spacial score (nSPS) is 10.7. The van der Waals surface area contributed by atoms with Crippen LogP contribution in [0.2, 0.25) is 0 Å². The van der Waals surface area contributed by atoms with Crippen molar-refractivity contribution >= 4 is 28.5 Å². The van der Waals surface area contributed by atoms with Gasteiger partial charge in [0.25, 0.3) is 0 Å². The predicted octanol–water partition coefficient (Wildman–Crippen LogP) is 3.69. The number of nitrogens with zero attached hydrogens (tertiary/aromatic N) is 1. The van der Waals surface area contributed by atoms with Crippen molar-refractivity contribution in [3.05, 3.63) is 48.4 Å². The molecule has 0 aliphatic heterocycles. The lowest BCUT2D eigenvalue weighted by atomic mass is 10.2. The van der Waals surface area contributed by atoms with Gasteiger partial charge >= 0.3 is 5.97 Å². The van der Waals surface area contributed by atoms with Gasteiger partial charge in [-0.3, -0.25) is 0 Å². The first-order valence-electron chi connectivity index (χ1n) is 6.11. The average molecular weight is 301 g/mol. The van der Waals surface area contributed by atoms with E-state index in [1.54, 1.807) is 19.4 Å². The van der Waals surface area contributed by atoms with E-state index in [-0.39, 0.29) is 5.76 Å². The largest absolute Gasteiger partial charge is 0.497 e. The number of carboxylic acids is 1. The summed E-state index contributed by atoms with van der Waals surface area (Å²) in [4.78, 5) is 15.1. The second-order valence-electron chi connectivity index (χ2n) is 4.23. The summed E-state index contributed by atoms with van der Waals surface area (Å²) >= 11 is 1.29. The van der Waals surface area contributed by atoms with Crippen molar-refractivity contribution in [1.29, 1.82) is 0 Å². The van der Waals surface area contributed by atoms with Crippen LogP contribution in [0.25, 0.3) is 10.8 Å². The maximum absolute atomic E-state index is 10.8. The molecule has 0 amide bonds. The molecule has 3 aromatic rings. The summed E-state index contributed by atoms with van der Waals surface area (Å²) in [6.45, 7) is 0. The molecule has 0 atom stereocenters. The number of fused-ring (bicyclic) bond motifs is 1. The zero-order chi connectivity index (χ0) is 14.8. The minimum atomic E-state index is -1.09. The molecule has 21 heavy (non-hydrogen) atoms. The summed E-state index contributed by atoms with van der Waals surface area (Å²) in [6, 6.07) is 10.7. The average Bonchev–Trinajstić information content (AvgIpc) is 2.96. The van der Waals surface area contributed by atoms with Gasteiger partial charge in [0.2, 0.25) is 5.76 Å². The van der Waals surface area contributed by atoms with Crippen LogP contribution in [0.15, 0.2) is 57.1 Å². The summed E-state index contributed by atoms with van der Waals surface area (Å²) in [5.41, 5.74) is 0. The number of hydrogen-bond donors (Lipinski definition) is 1. The number of rotatable bonds is 4. The van der Waals surface area contributed by atoms with Crippen LogP contribution in [-0.2, 0) is 0 Å². The van der Waals surface area contributed by atoms with Gasteiger partial charge in [-0.1, -0.05) is 0 Å². The molecule has 0 aliphatic carbocycles. The molecular weight excluding hydrogens is 290 g/mol. The van der Waals surface area contributed by atoms with Crippen LogP contribution in [0.3, 0.4) is 0 Å². The zero-order valence-corrected chi connectivity index (χ0v) is 11.9. The molecule has 1 aromatic carbocycles. The number of benzene rings is 1. The van der Waals surface area contributed by atoms with E-state index in [1.807, 2.05) is 24.3 Å². The third kappa shape index (κ3) is 2.71. The van der Waals surface area contributed by atoms with Gasteiger partial charge in [-0.25, -0.2) is 9.78 Å². The van der Waals surface area contributed by atoms with Crippen LogP contribution in [-0.4, -0.2) is 23.2 Å². The highest BCUT2D eigenvalue weighted by atomic mass is 32.2. The Morgan fingerprint density at radius 3 is 2.86 bits per heavy atom. The van der Waals surface area contributed by atoms with Crippen LogP contribution in [0.5, 0.6) is 5.75 Å². The number of ether oxygens (including phenoxy) is 1. The Bertz CT molecular complexity index is 812. The maximum Gasteiger partial charge on any atom is 0.371 e. The number of pyridine rings is 1. The van der Waals surface area contributed by atoms with Crippen molar-refractivity contribution in [2.24, 2.45) is 0 Å². The highest BCUT2D eigenvalue weighted by Gasteiger charge is 2.12. The van der Waals surface area contributed by atoms with Crippen LogP contribution in [0, 0.1) is 0 Å². The lowest BCUT2D eigenvalue weighted by Crippen LogP contribution is -1.91. The molecule has 1 N–H and O–H groups in total. The molecule has 106 valence electrons. The van der Waals surface area contributed by atoms with Gasteiger partial charge in [0.15, 0.2) is 5.09 Å². The highest BCUT2D eigenvalue weighted by molar-refractivity contribution is 7.99. The number of carbonyl (C=O) groups is 1. The van der Waals surface area contributed by atoms with E-state index >= 15 is 0 Å². The van der Waals surface area contributed by atoms with Gasteiger partial charge in [-0.2, -0.15) is 0 Å². The molecule has 0 fully saturated rings. The van der Waals surface area contributed by atoms with Gasteiger partial charge in [0, 0.05) is 11.6 Å². The Morgan fingerprint density at radius 2 is 2.14 bits per heavy atom. The quantitative estimate of drug-likeness (QED) is 0.792. The molecule has 0 saturated heterocycles. The molecule has 0 spiro atoms. The fourth-order valence-corrected chi connectivity index (χ4v) is 2.79. The molecule has 2 heterocycles. The van der Waals surface area contributed by atoms with Crippen LogP contribution in [0.1, 0.15) is 10.6 Å². The fourth-order valence-electron chi connectivity index (χ4n) is 1.92. The Labute approximate surface area is 124 Å². The number of furan rings is 1. The topological polar surface area (TPSA) is 72.6 Å². The lowest BCUT2D eigenvalue weighted by molar-refractivity contribution is 0.0656. The first kappa shape index (κ1) is 13.5. The maximum atomic E-state index is 10.8. The monoisotopic (exact) mass is 301 g/mol. The minimum Gasteiger partial charge on any atom is -0.497 e. The SMILES string of the molecule is COc1ccc2c(Sc3ccc(C(=O)O)o3)nccc2c1. The Kier molecular flexibility index (Phi) is 3.53. The van der Waals surface area contributed by atoms with Crippen LogP contribution in [0.4, 0.5) is 0 Å². The van der Waals surface area contributed by atoms with Gasteiger partial charge in [0.1, 0.15) is 10.8 Å². The molecule has 6 heteroatoms. The molecule has 0 aliphatic rings. The Hall–Kier alpha value is -2.47. The number of carboxylic acid groups (broad SMARTS) is 1. The smallest absolute Gasteiger partial charge is 0.371 e. The standard InChI is InChI=1S/C15H11NO4S/c1-19-10-2-3-11-9(8-10)6-7-16-14(11)21-13-5-4-12(20-13)15(17)18/h2-8H,1H3,(H,17,18). The Morgan fingerprint density at radius 1 is 1.29 bits per heavy atom. The van der Waals surface area contributed by atoms with Crippen LogP contribution >= 0.6 is 11.8 Å². The van der Waals surface area contributed by atoms with Gasteiger partial charge in [0.05, 0.1) is 7.11 Å². The van der Waals surface area contributed by atoms with E-state index in [0.29, 0.717) is 5.09 Å². The molecule has 0 saturated carbocycles. The second kappa shape index (κ2) is 5.49. The predicted molar refractivity (Wildman–Crippen MR) is 78.1 cm³/mol. The fraction of sp³-hybridized carbons (Fsp3) is 0.0667. The molecule has 0 radical (unpaired) electrons. The van der Waals surface area contributed by atoms with Crippen molar-refractivity contribution in [3.8, 4) is 5.75 Å². The van der Waals surface area contributed by atoms with Crippen molar-refractivity contribution in [1.82, 2.24) is 4.98 Å². The number of aromatic carboxylic acids is 1. The van der Waals surface area contributed by atoms with Crippen LogP contribution < -0.4 is 4.74 Å². The highest BCUT2D eigenvalue weighted by Crippen LogP contribution is 2.33. The third-order valence-electron chi connectivity index (χ3n) is 2.92. The molecular formula is C15H11NO4S. The number of methoxy groups -OCH3 is 1. The third-order valence-corrected chi connectivity index (χ3v) is 3.86. The molecule has 0 bridgehead atoms. The van der Waals surface area contributed by atoms with E-state index < -0.39 is 5.97 Å². The summed E-state index contributed by atoms with van der Waals surface area (Å²) < 4.78 is 10.4. The first-order chi connectivity index (χ1) is 10.2. The van der Waals surface area contributed by atoms with E-state index in [2.05, 4.69) is 4.98 Å².